The highest BCUT2D eigenvalue weighted by Crippen LogP contribution is 2.29. The Bertz CT molecular complexity index is 1040. The Morgan fingerprint density at radius 3 is 2.60 bits per heavy atom. The predicted molar refractivity (Wildman–Crippen MR) is 116 cm³/mol. The third-order valence-electron chi connectivity index (χ3n) is 5.76. The number of amides is 2. The van der Waals surface area contributed by atoms with E-state index in [0.717, 1.165) is 34.5 Å². The molecule has 154 valence electrons. The summed E-state index contributed by atoms with van der Waals surface area (Å²) in [6.45, 7) is 5.65. The maximum absolute atomic E-state index is 12.7. The molecule has 1 atom stereocenters. The van der Waals surface area contributed by atoms with Gasteiger partial charge in [0.25, 0.3) is 0 Å². The second-order valence-electron chi connectivity index (χ2n) is 7.86. The van der Waals surface area contributed by atoms with Crippen LogP contribution in [0.4, 0.5) is 5.69 Å². The lowest BCUT2D eigenvalue weighted by Gasteiger charge is -2.20. The maximum atomic E-state index is 12.7. The van der Waals surface area contributed by atoms with E-state index < -0.39 is 0 Å². The Morgan fingerprint density at radius 1 is 1.10 bits per heavy atom. The van der Waals surface area contributed by atoms with Crippen molar-refractivity contribution in [3.05, 3.63) is 83.2 Å². The number of aromatic nitrogens is 2. The normalized spacial score (nSPS) is 16.1. The van der Waals surface area contributed by atoms with E-state index in [-0.39, 0.29) is 24.2 Å². The van der Waals surface area contributed by atoms with Crippen LogP contribution in [0.25, 0.3) is 0 Å². The van der Waals surface area contributed by atoms with Crippen LogP contribution in [0.5, 0.6) is 0 Å². The number of carbonyl (C=O) groups excluding carboxylic acids is 2. The summed E-state index contributed by atoms with van der Waals surface area (Å²) in [6.07, 6.45) is 3.94. The highest BCUT2D eigenvalue weighted by Gasteiger charge is 2.35. The van der Waals surface area contributed by atoms with Crippen LogP contribution in [0.1, 0.15) is 28.7 Å². The van der Waals surface area contributed by atoms with Crippen molar-refractivity contribution in [3.8, 4) is 0 Å². The van der Waals surface area contributed by atoms with Crippen molar-refractivity contribution in [2.24, 2.45) is 5.92 Å². The highest BCUT2D eigenvalue weighted by atomic mass is 16.2. The molecule has 2 heterocycles. The van der Waals surface area contributed by atoms with Gasteiger partial charge in [-0.2, -0.15) is 5.10 Å². The van der Waals surface area contributed by atoms with Crippen LogP contribution in [0, 0.1) is 19.8 Å². The summed E-state index contributed by atoms with van der Waals surface area (Å²) in [4.78, 5) is 27.0. The SMILES string of the molecule is Cc1cccc(N2CC(C(=O)NCc3ccc(Cn4cccn4)cc3)CC2=O)c1C. The van der Waals surface area contributed by atoms with Crippen molar-refractivity contribution < 1.29 is 9.59 Å². The molecule has 3 aromatic rings. The van der Waals surface area contributed by atoms with Gasteiger partial charge in [0.1, 0.15) is 0 Å². The Labute approximate surface area is 176 Å². The van der Waals surface area contributed by atoms with Crippen LogP contribution in [0.3, 0.4) is 0 Å². The molecule has 0 aliphatic carbocycles. The molecular formula is C24H26N4O2. The molecule has 1 fully saturated rings. The van der Waals surface area contributed by atoms with Crippen molar-refractivity contribution in [1.82, 2.24) is 15.1 Å². The number of nitrogens with one attached hydrogen (secondary N) is 1. The molecule has 1 N–H and O–H groups in total. The van der Waals surface area contributed by atoms with Crippen molar-refractivity contribution in [2.45, 2.75) is 33.4 Å². The molecule has 6 heteroatoms. The number of aryl methyl sites for hydroxylation is 1. The molecule has 1 aliphatic heterocycles. The summed E-state index contributed by atoms with van der Waals surface area (Å²) in [5, 5.41) is 7.20. The summed E-state index contributed by atoms with van der Waals surface area (Å²) < 4.78 is 1.87. The van der Waals surface area contributed by atoms with Crippen LogP contribution in [-0.4, -0.2) is 28.1 Å². The second-order valence-corrected chi connectivity index (χ2v) is 7.86. The van der Waals surface area contributed by atoms with Crippen molar-refractivity contribution in [3.63, 3.8) is 0 Å². The molecule has 2 amide bonds. The van der Waals surface area contributed by atoms with E-state index in [4.69, 9.17) is 0 Å². The van der Waals surface area contributed by atoms with Gasteiger partial charge in [0, 0.05) is 37.6 Å². The molecule has 1 unspecified atom stereocenters. The molecule has 4 rings (SSSR count). The fraction of sp³-hybridized carbons (Fsp3) is 0.292. The van der Waals surface area contributed by atoms with Gasteiger partial charge in [0.2, 0.25) is 11.8 Å². The van der Waals surface area contributed by atoms with Crippen LogP contribution in [-0.2, 0) is 22.7 Å². The first-order valence-corrected chi connectivity index (χ1v) is 10.2. The minimum absolute atomic E-state index is 0.00632. The number of anilines is 1. The van der Waals surface area contributed by atoms with E-state index in [9.17, 15) is 9.59 Å². The van der Waals surface area contributed by atoms with Gasteiger partial charge in [-0.05, 0) is 48.2 Å². The van der Waals surface area contributed by atoms with Crippen LogP contribution < -0.4 is 10.2 Å². The van der Waals surface area contributed by atoms with Gasteiger partial charge >= 0.3 is 0 Å². The molecule has 2 aromatic carbocycles. The summed E-state index contributed by atoms with van der Waals surface area (Å²) >= 11 is 0. The molecule has 0 saturated carbocycles. The van der Waals surface area contributed by atoms with E-state index >= 15 is 0 Å². The van der Waals surface area contributed by atoms with Crippen LogP contribution in [0.2, 0.25) is 0 Å². The Kier molecular flexibility index (Phi) is 5.65. The molecule has 30 heavy (non-hydrogen) atoms. The van der Waals surface area contributed by atoms with Gasteiger partial charge < -0.3 is 10.2 Å². The van der Waals surface area contributed by atoms with Gasteiger partial charge in [-0.3, -0.25) is 14.3 Å². The van der Waals surface area contributed by atoms with Crippen LogP contribution >= 0.6 is 0 Å². The molecule has 6 nitrogen and oxygen atoms in total. The number of nitrogens with zero attached hydrogens (tertiary/aromatic N) is 3. The number of hydrogen-bond acceptors (Lipinski definition) is 3. The molecule has 0 radical (unpaired) electrons. The lowest BCUT2D eigenvalue weighted by atomic mass is 10.1. The van der Waals surface area contributed by atoms with Crippen molar-refractivity contribution >= 4 is 17.5 Å². The van der Waals surface area contributed by atoms with Gasteiger partial charge in [0.05, 0.1) is 12.5 Å². The van der Waals surface area contributed by atoms with E-state index in [1.165, 1.54) is 0 Å². The van der Waals surface area contributed by atoms with Gasteiger partial charge in [-0.1, -0.05) is 36.4 Å². The summed E-state index contributed by atoms with van der Waals surface area (Å²) in [6, 6.07) is 16.0. The zero-order chi connectivity index (χ0) is 21.1. The quantitative estimate of drug-likeness (QED) is 0.688. The number of hydrogen-bond donors (Lipinski definition) is 1. The molecule has 1 aromatic heterocycles. The zero-order valence-electron chi connectivity index (χ0n) is 17.3. The molecule has 1 aliphatic rings. The van der Waals surface area contributed by atoms with Gasteiger partial charge in [-0.15, -0.1) is 0 Å². The molecule has 1 saturated heterocycles. The van der Waals surface area contributed by atoms with E-state index in [0.29, 0.717) is 13.1 Å². The van der Waals surface area contributed by atoms with Crippen molar-refractivity contribution in [2.75, 3.05) is 11.4 Å². The molecular weight excluding hydrogens is 376 g/mol. The molecule has 0 bridgehead atoms. The number of rotatable bonds is 6. The maximum Gasteiger partial charge on any atom is 0.227 e. The van der Waals surface area contributed by atoms with E-state index in [1.54, 1.807) is 11.1 Å². The Balaban J connectivity index is 1.33. The van der Waals surface area contributed by atoms with Gasteiger partial charge in [-0.25, -0.2) is 0 Å². The minimum Gasteiger partial charge on any atom is -0.352 e. The standard InChI is InChI=1S/C24H26N4O2/c1-17-5-3-6-22(18(17)2)28-16-21(13-23(28)29)24(30)25-14-19-7-9-20(10-8-19)15-27-12-4-11-26-27/h3-12,21H,13-16H2,1-2H3,(H,25,30). The molecule has 0 spiro atoms. The topological polar surface area (TPSA) is 67.2 Å². The lowest BCUT2D eigenvalue weighted by Crippen LogP contribution is -2.32. The average molecular weight is 402 g/mol. The Hall–Kier alpha value is -3.41. The predicted octanol–water partition coefficient (Wildman–Crippen LogP) is 3.22. The average Bonchev–Trinajstić information content (AvgIpc) is 3.39. The second kappa shape index (κ2) is 8.53. The summed E-state index contributed by atoms with van der Waals surface area (Å²) in [7, 11) is 0. The third-order valence-corrected chi connectivity index (χ3v) is 5.76. The third kappa shape index (κ3) is 4.27. The zero-order valence-corrected chi connectivity index (χ0v) is 17.3. The monoisotopic (exact) mass is 402 g/mol. The van der Waals surface area contributed by atoms with Gasteiger partial charge in [0.15, 0.2) is 0 Å². The summed E-state index contributed by atoms with van der Waals surface area (Å²) in [5.74, 6) is -0.389. The number of benzene rings is 2. The number of carbonyl (C=O) groups is 2. The van der Waals surface area contributed by atoms with Crippen molar-refractivity contribution in [1.29, 1.82) is 0 Å². The lowest BCUT2D eigenvalue weighted by molar-refractivity contribution is -0.126. The first-order valence-electron chi connectivity index (χ1n) is 10.2. The Morgan fingerprint density at radius 2 is 1.87 bits per heavy atom. The summed E-state index contributed by atoms with van der Waals surface area (Å²) in [5.41, 5.74) is 5.32. The van der Waals surface area contributed by atoms with E-state index in [1.807, 2.05) is 73.3 Å². The minimum atomic E-state index is -0.323. The van der Waals surface area contributed by atoms with E-state index in [2.05, 4.69) is 10.4 Å². The van der Waals surface area contributed by atoms with Crippen LogP contribution in [0.15, 0.2) is 60.9 Å². The highest BCUT2D eigenvalue weighted by molar-refractivity contribution is 6.00. The first kappa shape index (κ1) is 19.9. The fourth-order valence-electron chi connectivity index (χ4n) is 3.82. The largest absolute Gasteiger partial charge is 0.352 e. The first-order chi connectivity index (χ1) is 14.5. The smallest absolute Gasteiger partial charge is 0.227 e. The fourth-order valence-corrected chi connectivity index (χ4v) is 3.82.